The second-order valence-corrected chi connectivity index (χ2v) is 7.68. The maximum absolute atomic E-state index is 5.12. The van der Waals surface area contributed by atoms with Gasteiger partial charge in [0.1, 0.15) is 5.84 Å². The Bertz CT molecular complexity index is 747. The van der Waals surface area contributed by atoms with E-state index in [2.05, 4.69) is 71.7 Å². The molecule has 3 heteroatoms. The number of amidine groups is 1. The van der Waals surface area contributed by atoms with Crippen molar-refractivity contribution in [3.63, 3.8) is 0 Å². The summed E-state index contributed by atoms with van der Waals surface area (Å²) in [6.07, 6.45) is 7.49. The van der Waals surface area contributed by atoms with E-state index in [0.29, 0.717) is 12.1 Å². The molecule has 0 aromatic heterocycles. The van der Waals surface area contributed by atoms with Crippen LogP contribution in [0.2, 0.25) is 0 Å². The summed E-state index contributed by atoms with van der Waals surface area (Å²) in [5.74, 6) is 1.16. The molecule has 1 fully saturated rings. The van der Waals surface area contributed by atoms with E-state index in [0.717, 1.165) is 18.8 Å². The number of aliphatic imine (C=N–C) groups is 1. The van der Waals surface area contributed by atoms with E-state index in [9.17, 15) is 0 Å². The lowest BCUT2D eigenvalue weighted by Gasteiger charge is -2.30. The van der Waals surface area contributed by atoms with Crippen molar-refractivity contribution in [2.45, 2.75) is 64.1 Å². The first-order valence-corrected chi connectivity index (χ1v) is 10.0. The standard InChI is InChI=1S/C23H29N3/c1-18-16-23(24-20-12-6-3-7-13-20)25-21-14-8-9-15-22(21)26(18)17-19-10-4-2-5-11-19/h2,4-5,8-11,14-15,18,20H,3,6-7,12-13,16-17H2,1H3,(H,24,25)/t18-/m0/s1. The van der Waals surface area contributed by atoms with E-state index in [1.165, 1.54) is 49.0 Å². The molecule has 3 nitrogen and oxygen atoms in total. The van der Waals surface area contributed by atoms with Gasteiger partial charge in [-0.1, -0.05) is 61.7 Å². The van der Waals surface area contributed by atoms with Crippen molar-refractivity contribution in [3.05, 3.63) is 60.2 Å². The molecular weight excluding hydrogens is 318 g/mol. The maximum Gasteiger partial charge on any atom is 0.103 e. The summed E-state index contributed by atoms with van der Waals surface area (Å²) >= 11 is 0. The summed E-state index contributed by atoms with van der Waals surface area (Å²) in [5.41, 5.74) is 3.81. The van der Waals surface area contributed by atoms with E-state index in [4.69, 9.17) is 4.99 Å². The van der Waals surface area contributed by atoms with Gasteiger partial charge in [-0.15, -0.1) is 0 Å². The van der Waals surface area contributed by atoms with Crippen molar-refractivity contribution < 1.29 is 0 Å². The van der Waals surface area contributed by atoms with E-state index in [1.54, 1.807) is 0 Å². The smallest absolute Gasteiger partial charge is 0.103 e. The Hall–Kier alpha value is -2.29. The van der Waals surface area contributed by atoms with Crippen LogP contribution in [0.4, 0.5) is 11.4 Å². The molecule has 2 aromatic rings. The lowest BCUT2D eigenvalue weighted by atomic mass is 9.96. The Kier molecular flexibility index (Phi) is 5.24. The van der Waals surface area contributed by atoms with Crippen LogP contribution < -0.4 is 10.2 Å². The number of nitrogens with one attached hydrogen (secondary N) is 1. The molecule has 0 unspecified atom stereocenters. The van der Waals surface area contributed by atoms with Crippen molar-refractivity contribution in [2.75, 3.05) is 10.2 Å². The fourth-order valence-electron chi connectivity index (χ4n) is 4.20. The Balaban J connectivity index is 1.62. The van der Waals surface area contributed by atoms with Gasteiger partial charge >= 0.3 is 0 Å². The highest BCUT2D eigenvalue weighted by Crippen LogP contribution is 2.33. The summed E-state index contributed by atoms with van der Waals surface area (Å²) < 4.78 is 0. The van der Waals surface area contributed by atoms with Gasteiger partial charge in [-0.3, -0.25) is 4.99 Å². The van der Waals surface area contributed by atoms with Gasteiger partial charge in [0.2, 0.25) is 0 Å². The van der Waals surface area contributed by atoms with Crippen LogP contribution in [0.1, 0.15) is 51.0 Å². The highest BCUT2D eigenvalue weighted by atomic mass is 15.2. The van der Waals surface area contributed by atoms with Crippen molar-refractivity contribution in [1.82, 2.24) is 0 Å². The van der Waals surface area contributed by atoms with E-state index in [-0.39, 0.29) is 0 Å². The number of hydrogen-bond donors (Lipinski definition) is 1. The third-order valence-corrected chi connectivity index (χ3v) is 5.62. The predicted molar refractivity (Wildman–Crippen MR) is 111 cm³/mol. The average Bonchev–Trinajstić information content (AvgIpc) is 2.80. The van der Waals surface area contributed by atoms with E-state index >= 15 is 0 Å². The molecule has 136 valence electrons. The largest absolute Gasteiger partial charge is 0.362 e. The third kappa shape index (κ3) is 3.92. The molecule has 0 radical (unpaired) electrons. The molecule has 2 aromatic carbocycles. The maximum atomic E-state index is 5.12. The SMILES string of the molecule is C[C@H]1CC(=NC2CCCCC2)Nc2ccccc2N1Cc1ccccc1. The van der Waals surface area contributed by atoms with Gasteiger partial charge in [-0.05, 0) is 37.5 Å². The van der Waals surface area contributed by atoms with Crippen molar-refractivity contribution in [3.8, 4) is 0 Å². The normalized spacial score (nSPS) is 22.6. The molecule has 1 N–H and O–H groups in total. The molecular formula is C23H29N3. The van der Waals surface area contributed by atoms with Gasteiger partial charge in [0.25, 0.3) is 0 Å². The monoisotopic (exact) mass is 347 g/mol. The fourth-order valence-corrected chi connectivity index (χ4v) is 4.20. The Morgan fingerprint density at radius 1 is 0.962 bits per heavy atom. The van der Waals surface area contributed by atoms with Crippen molar-refractivity contribution in [1.29, 1.82) is 0 Å². The molecule has 2 aliphatic rings. The lowest BCUT2D eigenvalue weighted by Crippen LogP contribution is -2.33. The molecule has 0 saturated heterocycles. The van der Waals surface area contributed by atoms with Crippen LogP contribution in [-0.4, -0.2) is 17.9 Å². The summed E-state index contributed by atoms with van der Waals surface area (Å²) in [6.45, 7) is 3.25. The quantitative estimate of drug-likeness (QED) is 0.779. The fraction of sp³-hybridized carbons (Fsp3) is 0.435. The topological polar surface area (TPSA) is 27.6 Å². The lowest BCUT2D eigenvalue weighted by molar-refractivity contribution is 0.442. The minimum atomic E-state index is 0.411. The molecule has 0 spiro atoms. The first-order valence-electron chi connectivity index (χ1n) is 10.0. The van der Waals surface area contributed by atoms with Gasteiger partial charge < -0.3 is 10.2 Å². The number of nitrogens with zero attached hydrogens (tertiary/aromatic N) is 2. The Morgan fingerprint density at radius 3 is 2.50 bits per heavy atom. The summed E-state index contributed by atoms with van der Waals surface area (Å²) in [4.78, 5) is 7.64. The molecule has 1 aliphatic heterocycles. The molecule has 0 amide bonds. The van der Waals surface area contributed by atoms with Crippen LogP contribution in [0.3, 0.4) is 0 Å². The molecule has 1 saturated carbocycles. The highest BCUT2D eigenvalue weighted by molar-refractivity contribution is 6.00. The van der Waals surface area contributed by atoms with Crippen molar-refractivity contribution >= 4 is 17.2 Å². The van der Waals surface area contributed by atoms with Gasteiger partial charge in [-0.25, -0.2) is 0 Å². The van der Waals surface area contributed by atoms with Crippen LogP contribution >= 0.6 is 0 Å². The molecule has 1 heterocycles. The first-order chi connectivity index (χ1) is 12.8. The zero-order chi connectivity index (χ0) is 17.8. The van der Waals surface area contributed by atoms with Crippen LogP contribution in [0.5, 0.6) is 0 Å². The minimum Gasteiger partial charge on any atom is -0.362 e. The van der Waals surface area contributed by atoms with Gasteiger partial charge in [0.05, 0.1) is 17.4 Å². The van der Waals surface area contributed by atoms with Crippen LogP contribution in [-0.2, 0) is 6.54 Å². The molecule has 1 atom stereocenters. The third-order valence-electron chi connectivity index (χ3n) is 5.62. The Labute approximate surface area is 157 Å². The number of hydrogen-bond acceptors (Lipinski definition) is 2. The molecule has 26 heavy (non-hydrogen) atoms. The number of benzene rings is 2. The van der Waals surface area contributed by atoms with E-state index < -0.39 is 0 Å². The number of rotatable bonds is 3. The predicted octanol–water partition coefficient (Wildman–Crippen LogP) is 5.63. The number of para-hydroxylation sites is 2. The van der Waals surface area contributed by atoms with Crippen LogP contribution in [0.15, 0.2) is 59.6 Å². The second kappa shape index (κ2) is 7.94. The van der Waals surface area contributed by atoms with Gasteiger partial charge in [0.15, 0.2) is 0 Å². The first kappa shape index (κ1) is 17.1. The molecule has 0 bridgehead atoms. The van der Waals surface area contributed by atoms with Crippen LogP contribution in [0.25, 0.3) is 0 Å². The summed E-state index contributed by atoms with van der Waals surface area (Å²) in [7, 11) is 0. The zero-order valence-corrected chi connectivity index (χ0v) is 15.7. The highest BCUT2D eigenvalue weighted by Gasteiger charge is 2.25. The average molecular weight is 348 g/mol. The summed E-state index contributed by atoms with van der Waals surface area (Å²) in [5, 5.41) is 3.66. The number of anilines is 2. The zero-order valence-electron chi connectivity index (χ0n) is 15.7. The summed E-state index contributed by atoms with van der Waals surface area (Å²) in [6, 6.07) is 20.3. The van der Waals surface area contributed by atoms with E-state index in [1.807, 2.05) is 0 Å². The van der Waals surface area contributed by atoms with Crippen LogP contribution in [0, 0.1) is 0 Å². The number of fused-ring (bicyclic) bond motifs is 1. The Morgan fingerprint density at radius 2 is 1.69 bits per heavy atom. The molecule has 1 aliphatic carbocycles. The molecule has 4 rings (SSSR count). The minimum absolute atomic E-state index is 0.411. The van der Waals surface area contributed by atoms with Crippen molar-refractivity contribution in [2.24, 2.45) is 4.99 Å². The second-order valence-electron chi connectivity index (χ2n) is 7.68. The van der Waals surface area contributed by atoms with Gasteiger partial charge in [0, 0.05) is 19.0 Å². The van der Waals surface area contributed by atoms with Gasteiger partial charge in [-0.2, -0.15) is 0 Å².